The first-order chi connectivity index (χ1) is 20.4. The van der Waals surface area contributed by atoms with Crippen LogP contribution in [0.1, 0.15) is 59.1 Å². The zero-order valence-electron chi connectivity index (χ0n) is 24.5. The Morgan fingerprint density at radius 1 is 0.881 bits per heavy atom. The highest BCUT2D eigenvalue weighted by atomic mass is 35.5. The van der Waals surface area contributed by atoms with Crippen LogP contribution in [0, 0.1) is 6.92 Å². The van der Waals surface area contributed by atoms with Crippen LogP contribution in [0.15, 0.2) is 91.0 Å². The maximum absolute atomic E-state index is 13.7. The van der Waals surface area contributed by atoms with Crippen molar-refractivity contribution in [2.75, 3.05) is 18.0 Å². The lowest BCUT2D eigenvalue weighted by Gasteiger charge is -2.33. The normalized spacial score (nSPS) is 16.0. The van der Waals surface area contributed by atoms with Gasteiger partial charge in [0.05, 0.1) is 5.56 Å². The van der Waals surface area contributed by atoms with E-state index in [9.17, 15) is 4.79 Å². The Bertz CT molecular complexity index is 1770. The average Bonchev–Trinajstić information content (AvgIpc) is 3.48. The molecule has 1 aromatic heterocycles. The number of aryl methyl sites for hydroxylation is 1. The number of esters is 1. The third kappa shape index (κ3) is 4.44. The SMILES string of the molecule is CCN(CC)c1ccc(C2(c3c(C)n(CC)c4ccccc34)OC(=O)c3ccccc32)c(OCc2ccc(Cl)cc2)c1. The van der Waals surface area contributed by atoms with Gasteiger partial charge in [-0.15, -0.1) is 0 Å². The molecule has 0 saturated heterocycles. The predicted octanol–water partition coefficient (Wildman–Crippen LogP) is 8.51. The number of fused-ring (bicyclic) bond motifs is 2. The van der Waals surface area contributed by atoms with Gasteiger partial charge in [0, 0.05) is 69.7 Å². The Morgan fingerprint density at radius 3 is 2.33 bits per heavy atom. The Hall–Kier alpha value is -4.22. The molecule has 0 spiro atoms. The van der Waals surface area contributed by atoms with Crippen LogP contribution in [0.3, 0.4) is 0 Å². The van der Waals surface area contributed by atoms with Crippen LogP contribution in [0.4, 0.5) is 5.69 Å². The molecule has 2 heterocycles. The van der Waals surface area contributed by atoms with Crippen LogP contribution in [0.5, 0.6) is 5.75 Å². The summed E-state index contributed by atoms with van der Waals surface area (Å²) in [6.45, 7) is 11.4. The lowest BCUT2D eigenvalue weighted by atomic mass is 9.78. The predicted molar refractivity (Wildman–Crippen MR) is 170 cm³/mol. The summed E-state index contributed by atoms with van der Waals surface area (Å²) in [4.78, 5) is 15.9. The van der Waals surface area contributed by atoms with Crippen molar-refractivity contribution >= 4 is 34.2 Å². The second-order valence-corrected chi connectivity index (χ2v) is 11.0. The molecular weight excluding hydrogens is 544 g/mol. The van der Waals surface area contributed by atoms with Crippen LogP contribution in [-0.2, 0) is 23.5 Å². The van der Waals surface area contributed by atoms with Gasteiger partial charge in [-0.1, -0.05) is 60.1 Å². The zero-order valence-corrected chi connectivity index (χ0v) is 25.2. The van der Waals surface area contributed by atoms with Crippen molar-refractivity contribution < 1.29 is 14.3 Å². The van der Waals surface area contributed by atoms with E-state index in [2.05, 4.69) is 73.6 Å². The smallest absolute Gasteiger partial charge is 0.340 e. The molecule has 0 bridgehead atoms. The summed E-state index contributed by atoms with van der Waals surface area (Å²) in [5, 5.41) is 1.73. The molecule has 1 aliphatic rings. The van der Waals surface area contributed by atoms with Gasteiger partial charge in [-0.05, 0) is 69.7 Å². The summed E-state index contributed by atoms with van der Waals surface area (Å²) >= 11 is 6.16. The summed E-state index contributed by atoms with van der Waals surface area (Å²) in [5.41, 5.74) is 6.17. The molecule has 0 N–H and O–H groups in total. The van der Waals surface area contributed by atoms with E-state index in [1.165, 1.54) is 0 Å². The maximum atomic E-state index is 13.7. The summed E-state index contributed by atoms with van der Waals surface area (Å²) in [7, 11) is 0. The number of benzene rings is 4. The molecular formula is C36H35ClN2O3. The Morgan fingerprint density at radius 2 is 1.60 bits per heavy atom. The van der Waals surface area contributed by atoms with Gasteiger partial charge in [-0.25, -0.2) is 4.79 Å². The van der Waals surface area contributed by atoms with Gasteiger partial charge in [-0.3, -0.25) is 0 Å². The number of carbonyl (C=O) groups excluding carboxylic acids is 1. The Kier molecular flexibility index (Phi) is 7.46. The average molecular weight is 579 g/mol. The van der Waals surface area contributed by atoms with Gasteiger partial charge in [0.15, 0.2) is 5.60 Å². The van der Waals surface area contributed by atoms with Crippen LogP contribution in [0.2, 0.25) is 5.02 Å². The number of nitrogens with zero attached hydrogens (tertiary/aromatic N) is 2. The van der Waals surface area contributed by atoms with Gasteiger partial charge < -0.3 is 18.9 Å². The van der Waals surface area contributed by atoms with Crippen LogP contribution in [0.25, 0.3) is 10.9 Å². The highest BCUT2D eigenvalue weighted by Gasteiger charge is 2.52. The van der Waals surface area contributed by atoms with Crippen LogP contribution in [-0.4, -0.2) is 23.6 Å². The standard InChI is InChI=1S/C36H35ClN2O3/c1-5-38(6-2)27-20-21-31(33(22-27)41-23-25-16-18-26(37)19-17-25)36(30-14-10-8-12-28(30)35(40)42-36)34-24(4)39(7-3)32-15-11-9-13-29(32)34/h8-22H,5-7,23H2,1-4H3. The Labute approximate surface area is 252 Å². The molecule has 1 atom stereocenters. The summed E-state index contributed by atoms with van der Waals surface area (Å²) in [5.74, 6) is 0.335. The molecule has 4 aromatic carbocycles. The van der Waals surface area contributed by atoms with Crippen molar-refractivity contribution in [2.45, 2.75) is 46.4 Å². The molecule has 6 heteroatoms. The monoisotopic (exact) mass is 578 g/mol. The fraction of sp³-hybridized carbons (Fsp3) is 0.250. The van der Waals surface area contributed by atoms with Crippen molar-refractivity contribution in [3.8, 4) is 5.75 Å². The van der Waals surface area contributed by atoms with E-state index in [0.29, 0.717) is 22.9 Å². The molecule has 42 heavy (non-hydrogen) atoms. The molecule has 0 aliphatic carbocycles. The minimum Gasteiger partial charge on any atom is -0.488 e. The number of ether oxygens (including phenoxy) is 2. The lowest BCUT2D eigenvalue weighted by Crippen LogP contribution is -2.31. The minimum absolute atomic E-state index is 0.338. The fourth-order valence-electron chi connectivity index (χ4n) is 6.47. The highest BCUT2D eigenvalue weighted by molar-refractivity contribution is 6.30. The van der Waals surface area contributed by atoms with Gasteiger partial charge in [0.25, 0.3) is 0 Å². The second-order valence-electron chi connectivity index (χ2n) is 10.6. The van der Waals surface area contributed by atoms with Crippen LogP contribution < -0.4 is 9.64 Å². The second kappa shape index (κ2) is 11.2. The largest absolute Gasteiger partial charge is 0.488 e. The van der Waals surface area contributed by atoms with E-state index in [1.54, 1.807) is 0 Å². The van der Waals surface area contributed by atoms with Crippen molar-refractivity contribution in [1.82, 2.24) is 4.57 Å². The van der Waals surface area contributed by atoms with Crippen molar-refractivity contribution in [3.05, 3.63) is 130 Å². The van der Waals surface area contributed by atoms with Gasteiger partial charge >= 0.3 is 5.97 Å². The summed E-state index contributed by atoms with van der Waals surface area (Å²) in [6.07, 6.45) is 0. The summed E-state index contributed by atoms with van der Waals surface area (Å²) < 4.78 is 15.6. The molecule has 1 unspecified atom stereocenters. The lowest BCUT2D eigenvalue weighted by molar-refractivity contribution is 0.0245. The number of aromatic nitrogens is 1. The van der Waals surface area contributed by atoms with Crippen molar-refractivity contribution in [3.63, 3.8) is 0 Å². The molecule has 214 valence electrons. The van der Waals surface area contributed by atoms with Gasteiger partial charge in [0.1, 0.15) is 12.4 Å². The molecule has 0 amide bonds. The van der Waals surface area contributed by atoms with Gasteiger partial charge in [0.2, 0.25) is 0 Å². The molecule has 5 nitrogen and oxygen atoms in total. The maximum Gasteiger partial charge on any atom is 0.340 e. The molecule has 0 radical (unpaired) electrons. The molecule has 0 fully saturated rings. The Balaban J connectivity index is 1.65. The fourth-order valence-corrected chi connectivity index (χ4v) is 6.59. The van der Waals surface area contributed by atoms with E-state index in [4.69, 9.17) is 21.1 Å². The van der Waals surface area contributed by atoms with Crippen LogP contribution >= 0.6 is 11.6 Å². The topological polar surface area (TPSA) is 43.7 Å². The molecule has 5 aromatic rings. The molecule has 1 aliphatic heterocycles. The van der Waals surface area contributed by atoms with E-state index in [1.807, 2.05) is 54.6 Å². The van der Waals surface area contributed by atoms with E-state index in [-0.39, 0.29) is 5.97 Å². The number of para-hydroxylation sites is 1. The van der Waals surface area contributed by atoms with E-state index in [0.717, 1.165) is 64.2 Å². The number of rotatable bonds is 9. The zero-order chi connectivity index (χ0) is 29.4. The molecule has 0 saturated carbocycles. The number of carbonyl (C=O) groups is 1. The number of cyclic esters (lactones) is 1. The number of hydrogen-bond acceptors (Lipinski definition) is 4. The highest BCUT2D eigenvalue weighted by Crippen LogP contribution is 2.53. The first kappa shape index (κ1) is 27.9. The molecule has 6 rings (SSSR count). The van der Waals surface area contributed by atoms with Crippen molar-refractivity contribution in [2.24, 2.45) is 0 Å². The first-order valence-corrected chi connectivity index (χ1v) is 15.0. The minimum atomic E-state index is -1.20. The third-order valence-corrected chi connectivity index (χ3v) is 8.70. The van der Waals surface area contributed by atoms with Gasteiger partial charge in [-0.2, -0.15) is 0 Å². The number of hydrogen-bond donors (Lipinski definition) is 0. The summed E-state index contributed by atoms with van der Waals surface area (Å²) in [6, 6.07) is 30.0. The number of anilines is 1. The third-order valence-electron chi connectivity index (χ3n) is 8.45. The first-order valence-electron chi connectivity index (χ1n) is 14.6. The van der Waals surface area contributed by atoms with E-state index >= 15 is 0 Å². The van der Waals surface area contributed by atoms with Crippen molar-refractivity contribution in [1.29, 1.82) is 0 Å². The quantitative estimate of drug-likeness (QED) is 0.164. The number of halogens is 1. The van der Waals surface area contributed by atoms with E-state index < -0.39 is 5.60 Å².